The zero-order chi connectivity index (χ0) is 21.0. The molecule has 0 bridgehead atoms. The van der Waals surface area contributed by atoms with Crippen LogP contribution in [0.3, 0.4) is 0 Å². The molecule has 168 valence electrons. The second-order valence-electron chi connectivity index (χ2n) is 6.92. The average molecular weight is 541 g/mol. The van der Waals surface area contributed by atoms with Crippen molar-refractivity contribution in [3.63, 3.8) is 0 Å². The number of nitrogens with one attached hydrogen (secondary N) is 3. The lowest BCUT2D eigenvalue weighted by molar-refractivity contribution is 0.0266. The number of hydrogen-bond acceptors (Lipinski definition) is 4. The Balaban J connectivity index is 0.00000784. The molecule has 0 fully saturated rings. The molecule has 1 atom stereocenters. The first-order valence-electron chi connectivity index (χ1n) is 10.00. The van der Waals surface area contributed by atoms with Crippen LogP contribution < -0.4 is 15.4 Å². The topological polar surface area (TPSA) is 91.8 Å². The lowest BCUT2D eigenvalue weighted by Gasteiger charge is -2.20. The van der Waals surface area contributed by atoms with Gasteiger partial charge >= 0.3 is 0 Å². The number of halogens is 1. The molecule has 0 aliphatic carbocycles. The Morgan fingerprint density at radius 2 is 1.76 bits per heavy atom. The van der Waals surface area contributed by atoms with Crippen molar-refractivity contribution in [2.45, 2.75) is 52.0 Å². The van der Waals surface area contributed by atoms with Crippen molar-refractivity contribution < 1.29 is 13.2 Å². The average Bonchev–Trinajstić information content (AvgIpc) is 2.64. The lowest BCUT2D eigenvalue weighted by atomic mass is 10.0. The molecule has 1 rings (SSSR count). The first-order valence-corrected chi connectivity index (χ1v) is 11.5. The molecule has 0 aliphatic rings. The maximum Gasteiger partial charge on any atom is 0.240 e. The maximum absolute atomic E-state index is 12.3. The molecule has 0 saturated carbocycles. The highest BCUT2D eigenvalue weighted by atomic mass is 127. The molecule has 9 heteroatoms. The van der Waals surface area contributed by atoms with E-state index in [1.165, 1.54) is 0 Å². The summed E-state index contributed by atoms with van der Waals surface area (Å²) < 4.78 is 32.9. The molecular weight excluding hydrogens is 503 g/mol. The van der Waals surface area contributed by atoms with Crippen molar-refractivity contribution in [2.24, 2.45) is 10.9 Å². The van der Waals surface area contributed by atoms with Gasteiger partial charge in [-0.05, 0) is 45.2 Å². The van der Waals surface area contributed by atoms with Gasteiger partial charge in [-0.25, -0.2) is 13.1 Å². The Hall–Kier alpha value is -0.910. The van der Waals surface area contributed by atoms with Crippen molar-refractivity contribution in [1.29, 1.82) is 0 Å². The van der Waals surface area contributed by atoms with Crippen molar-refractivity contribution in [3.05, 3.63) is 29.8 Å². The number of ether oxygens (including phenoxy) is 1. The highest BCUT2D eigenvalue weighted by molar-refractivity contribution is 14.0. The van der Waals surface area contributed by atoms with Gasteiger partial charge in [0, 0.05) is 32.8 Å². The molecule has 1 aromatic carbocycles. The molecule has 0 aliphatic heterocycles. The highest BCUT2D eigenvalue weighted by Gasteiger charge is 2.14. The summed E-state index contributed by atoms with van der Waals surface area (Å²) in [4.78, 5) is 4.83. The molecule has 3 N–H and O–H groups in total. The van der Waals surface area contributed by atoms with Gasteiger partial charge in [0.25, 0.3) is 0 Å². The monoisotopic (exact) mass is 540 g/mol. The molecular formula is C20H37IN4O3S. The summed E-state index contributed by atoms with van der Waals surface area (Å²) in [5, 5.41) is 6.33. The minimum Gasteiger partial charge on any atom is -0.378 e. The zero-order valence-corrected chi connectivity index (χ0v) is 21.3. The smallest absolute Gasteiger partial charge is 0.240 e. The van der Waals surface area contributed by atoms with Gasteiger partial charge in [0.2, 0.25) is 10.0 Å². The van der Waals surface area contributed by atoms with Crippen LogP contribution >= 0.6 is 24.0 Å². The van der Waals surface area contributed by atoms with Gasteiger partial charge in [-0.2, -0.15) is 0 Å². The number of rotatable bonds is 12. The predicted octanol–water partition coefficient (Wildman–Crippen LogP) is 2.90. The van der Waals surface area contributed by atoms with Gasteiger partial charge in [-0.1, -0.05) is 31.5 Å². The largest absolute Gasteiger partial charge is 0.378 e. The SMILES string of the molecule is CCNC(=NCCC(OCC)C(C)C)NCCNS(=O)(=O)c1ccc(C)cc1.I. The van der Waals surface area contributed by atoms with Gasteiger partial charge in [-0.15, -0.1) is 24.0 Å². The van der Waals surface area contributed by atoms with E-state index in [4.69, 9.17) is 4.74 Å². The maximum atomic E-state index is 12.3. The van der Waals surface area contributed by atoms with Gasteiger partial charge in [0.15, 0.2) is 5.96 Å². The Morgan fingerprint density at radius 1 is 1.10 bits per heavy atom. The number of sulfonamides is 1. The first kappa shape index (κ1) is 28.1. The third-order valence-corrected chi connectivity index (χ3v) is 5.67. The summed E-state index contributed by atoms with van der Waals surface area (Å²) in [7, 11) is -3.50. The number of nitrogens with zero attached hydrogens (tertiary/aromatic N) is 1. The van der Waals surface area contributed by atoms with E-state index in [0.29, 0.717) is 31.6 Å². The number of guanidine groups is 1. The standard InChI is InChI=1S/C20H36N4O3S.HI/c1-6-21-20(22-13-12-19(16(3)4)27-7-2)23-14-15-24-28(25,26)18-10-8-17(5)9-11-18;/h8-11,16,19,24H,6-7,12-15H2,1-5H3,(H2,21,22,23);1H. The first-order chi connectivity index (χ1) is 13.3. The van der Waals surface area contributed by atoms with E-state index in [0.717, 1.165) is 18.5 Å². The van der Waals surface area contributed by atoms with E-state index >= 15 is 0 Å². The fourth-order valence-corrected chi connectivity index (χ4v) is 3.67. The molecule has 0 saturated heterocycles. The van der Waals surface area contributed by atoms with E-state index in [9.17, 15) is 8.42 Å². The van der Waals surface area contributed by atoms with Gasteiger partial charge in [-0.3, -0.25) is 4.99 Å². The summed E-state index contributed by atoms with van der Waals surface area (Å²) in [6, 6.07) is 6.80. The number of hydrogen-bond donors (Lipinski definition) is 3. The van der Waals surface area contributed by atoms with Crippen molar-refractivity contribution in [3.8, 4) is 0 Å². The molecule has 29 heavy (non-hydrogen) atoms. The fourth-order valence-electron chi connectivity index (χ4n) is 2.64. The predicted molar refractivity (Wildman–Crippen MR) is 131 cm³/mol. The van der Waals surface area contributed by atoms with Gasteiger partial charge in [0.05, 0.1) is 11.0 Å². The van der Waals surface area contributed by atoms with E-state index < -0.39 is 10.0 Å². The minimum absolute atomic E-state index is 0. The van der Waals surface area contributed by atoms with Crippen molar-refractivity contribution in [2.75, 3.05) is 32.8 Å². The van der Waals surface area contributed by atoms with E-state index in [1.54, 1.807) is 24.3 Å². The van der Waals surface area contributed by atoms with Crippen molar-refractivity contribution >= 4 is 40.0 Å². The van der Waals surface area contributed by atoms with Crippen LogP contribution in [0.2, 0.25) is 0 Å². The highest BCUT2D eigenvalue weighted by Crippen LogP contribution is 2.11. The van der Waals surface area contributed by atoms with Crippen molar-refractivity contribution in [1.82, 2.24) is 15.4 Å². The Kier molecular flexibility index (Phi) is 14.5. The number of aliphatic imine (C=N–C) groups is 1. The molecule has 0 aromatic heterocycles. The van der Waals surface area contributed by atoms with Crippen LogP contribution in [0.15, 0.2) is 34.2 Å². The Morgan fingerprint density at radius 3 is 2.31 bits per heavy atom. The van der Waals surface area contributed by atoms with E-state index in [2.05, 4.69) is 34.2 Å². The van der Waals surface area contributed by atoms with Crippen LogP contribution in [0, 0.1) is 12.8 Å². The summed E-state index contributed by atoms with van der Waals surface area (Å²) in [5.41, 5.74) is 1.02. The molecule has 0 heterocycles. The van der Waals surface area contributed by atoms with Gasteiger partial charge < -0.3 is 15.4 Å². The van der Waals surface area contributed by atoms with Crippen LogP contribution in [0.1, 0.15) is 39.7 Å². The second kappa shape index (κ2) is 15.0. The zero-order valence-electron chi connectivity index (χ0n) is 18.2. The van der Waals surface area contributed by atoms with Crippen LogP contribution in [-0.4, -0.2) is 53.3 Å². The summed E-state index contributed by atoms with van der Waals surface area (Å²) in [6.45, 7) is 13.0. The molecule has 0 radical (unpaired) electrons. The van der Waals surface area contributed by atoms with E-state index in [1.807, 2.05) is 20.8 Å². The summed E-state index contributed by atoms with van der Waals surface area (Å²) in [6.07, 6.45) is 1.04. The summed E-state index contributed by atoms with van der Waals surface area (Å²) in [5.74, 6) is 1.12. The Labute approximate surface area is 193 Å². The molecule has 1 aromatic rings. The molecule has 1 unspecified atom stereocenters. The normalized spacial score (nSPS) is 13.1. The van der Waals surface area contributed by atoms with Crippen LogP contribution in [-0.2, 0) is 14.8 Å². The minimum atomic E-state index is -3.50. The second-order valence-corrected chi connectivity index (χ2v) is 8.69. The molecule has 7 nitrogen and oxygen atoms in total. The molecule has 0 spiro atoms. The van der Waals surface area contributed by atoms with Gasteiger partial charge in [0.1, 0.15) is 0 Å². The lowest BCUT2D eigenvalue weighted by Crippen LogP contribution is -2.41. The third-order valence-electron chi connectivity index (χ3n) is 4.19. The fraction of sp³-hybridized carbons (Fsp3) is 0.650. The third kappa shape index (κ3) is 11.2. The Bertz CT molecular complexity index is 694. The summed E-state index contributed by atoms with van der Waals surface area (Å²) >= 11 is 0. The van der Waals surface area contributed by atoms with Crippen LogP contribution in [0.25, 0.3) is 0 Å². The van der Waals surface area contributed by atoms with Crippen LogP contribution in [0.5, 0.6) is 0 Å². The van der Waals surface area contributed by atoms with Crippen LogP contribution in [0.4, 0.5) is 0 Å². The number of aryl methyl sites for hydroxylation is 1. The molecule has 0 amide bonds. The van der Waals surface area contributed by atoms with E-state index in [-0.39, 0.29) is 41.5 Å². The quantitative estimate of drug-likeness (QED) is 0.164. The number of benzene rings is 1.